The minimum Gasteiger partial charge on any atom is -0.494 e. The molecular weight excluding hydrogens is 211 g/mol. The van der Waals surface area contributed by atoms with Gasteiger partial charge in [-0.1, -0.05) is 13.0 Å². The van der Waals surface area contributed by atoms with Crippen LogP contribution in [0.15, 0.2) is 18.2 Å². The van der Waals surface area contributed by atoms with Gasteiger partial charge < -0.3 is 9.47 Å². The van der Waals surface area contributed by atoms with Crippen LogP contribution < -0.4 is 4.74 Å². The lowest BCUT2D eigenvalue weighted by molar-refractivity contribution is -0.128. The molecule has 1 unspecified atom stereocenters. The smallest absolute Gasteiger partial charge is 0.165 e. The summed E-state index contributed by atoms with van der Waals surface area (Å²) in [6.45, 7) is 1.74. The van der Waals surface area contributed by atoms with Crippen LogP contribution in [0.25, 0.3) is 0 Å². The maximum atomic E-state index is 13.4. The minimum absolute atomic E-state index is 0.0768. The average Bonchev–Trinajstić information content (AvgIpc) is 2.30. The van der Waals surface area contributed by atoms with Crippen molar-refractivity contribution in [1.29, 1.82) is 0 Å². The fourth-order valence-electron chi connectivity index (χ4n) is 1.48. The molecule has 0 saturated heterocycles. The van der Waals surface area contributed by atoms with Crippen LogP contribution in [-0.4, -0.2) is 20.0 Å². The largest absolute Gasteiger partial charge is 0.494 e. The first-order valence-corrected chi connectivity index (χ1v) is 5.03. The molecule has 0 aliphatic heterocycles. The molecule has 0 heterocycles. The summed E-state index contributed by atoms with van der Waals surface area (Å²) in [6, 6.07) is 4.38. The lowest BCUT2D eigenvalue weighted by atomic mass is 10.0. The molecule has 0 radical (unpaired) electrons. The molecule has 4 heteroatoms. The van der Waals surface area contributed by atoms with Crippen molar-refractivity contribution in [1.82, 2.24) is 0 Å². The first-order valence-electron chi connectivity index (χ1n) is 5.03. The van der Waals surface area contributed by atoms with Gasteiger partial charge in [0, 0.05) is 13.5 Å². The molecule has 1 aromatic rings. The average molecular weight is 226 g/mol. The molecule has 0 aliphatic carbocycles. The molecule has 16 heavy (non-hydrogen) atoms. The predicted molar refractivity (Wildman–Crippen MR) is 58.0 cm³/mol. The Morgan fingerprint density at radius 1 is 1.44 bits per heavy atom. The Hall–Kier alpha value is -1.42. The van der Waals surface area contributed by atoms with Crippen LogP contribution in [0.4, 0.5) is 4.39 Å². The number of benzene rings is 1. The number of Topliss-reactive ketones (excluding diaryl/α,β-unsaturated/α-hetero) is 1. The van der Waals surface area contributed by atoms with Gasteiger partial charge in [-0.2, -0.15) is 0 Å². The molecule has 0 bridgehead atoms. The van der Waals surface area contributed by atoms with Crippen LogP contribution in [-0.2, 0) is 9.53 Å². The van der Waals surface area contributed by atoms with Gasteiger partial charge >= 0.3 is 0 Å². The van der Waals surface area contributed by atoms with Crippen LogP contribution in [0.5, 0.6) is 5.75 Å². The zero-order valence-corrected chi connectivity index (χ0v) is 9.62. The molecular formula is C12H15FO3. The van der Waals surface area contributed by atoms with E-state index < -0.39 is 11.9 Å². The molecule has 1 rings (SSSR count). The third kappa shape index (κ3) is 2.58. The number of halogens is 1. The van der Waals surface area contributed by atoms with Crippen molar-refractivity contribution in [3.05, 3.63) is 29.6 Å². The van der Waals surface area contributed by atoms with E-state index in [0.717, 1.165) is 0 Å². The summed E-state index contributed by atoms with van der Waals surface area (Å²) >= 11 is 0. The number of carbonyl (C=O) groups excluding carboxylic acids is 1. The first kappa shape index (κ1) is 12.6. The number of rotatable bonds is 5. The van der Waals surface area contributed by atoms with Crippen LogP contribution >= 0.6 is 0 Å². The van der Waals surface area contributed by atoms with Crippen LogP contribution in [0.1, 0.15) is 25.0 Å². The normalized spacial score (nSPS) is 12.2. The van der Waals surface area contributed by atoms with Gasteiger partial charge in [0.1, 0.15) is 6.10 Å². The zero-order chi connectivity index (χ0) is 12.1. The summed E-state index contributed by atoms with van der Waals surface area (Å²) in [7, 11) is 2.82. The van der Waals surface area contributed by atoms with Crippen molar-refractivity contribution in [2.75, 3.05) is 14.2 Å². The van der Waals surface area contributed by atoms with Gasteiger partial charge in [-0.05, 0) is 17.7 Å². The quantitative estimate of drug-likeness (QED) is 0.773. The van der Waals surface area contributed by atoms with E-state index in [4.69, 9.17) is 9.47 Å². The molecule has 0 fully saturated rings. The zero-order valence-electron chi connectivity index (χ0n) is 9.62. The summed E-state index contributed by atoms with van der Waals surface area (Å²) in [5.74, 6) is -0.416. The fraction of sp³-hybridized carbons (Fsp3) is 0.417. The Morgan fingerprint density at radius 2 is 2.12 bits per heavy atom. The SMILES string of the molecule is CCC(=O)C(OC)c1ccc(OC)c(F)c1. The molecule has 0 amide bonds. The van der Waals surface area contributed by atoms with Crippen molar-refractivity contribution in [3.8, 4) is 5.75 Å². The maximum absolute atomic E-state index is 13.4. The maximum Gasteiger partial charge on any atom is 0.165 e. The van der Waals surface area contributed by atoms with Gasteiger partial charge in [0.25, 0.3) is 0 Å². The molecule has 88 valence electrons. The third-order valence-electron chi connectivity index (χ3n) is 2.36. The van der Waals surface area contributed by atoms with E-state index in [1.165, 1.54) is 26.4 Å². The van der Waals surface area contributed by atoms with Crippen molar-refractivity contribution in [2.45, 2.75) is 19.4 Å². The van der Waals surface area contributed by atoms with Crippen molar-refractivity contribution in [3.63, 3.8) is 0 Å². The second-order valence-electron chi connectivity index (χ2n) is 3.33. The molecule has 0 N–H and O–H groups in total. The summed E-state index contributed by atoms with van der Waals surface area (Å²) < 4.78 is 23.3. The van der Waals surface area contributed by atoms with Crippen LogP contribution in [0.3, 0.4) is 0 Å². The van der Waals surface area contributed by atoms with Gasteiger partial charge in [-0.3, -0.25) is 4.79 Å². The molecule has 0 aromatic heterocycles. The van der Waals surface area contributed by atoms with Gasteiger partial charge in [-0.15, -0.1) is 0 Å². The summed E-state index contributed by atoms with van der Waals surface area (Å²) in [5, 5.41) is 0. The lowest BCUT2D eigenvalue weighted by Gasteiger charge is -2.14. The molecule has 0 spiro atoms. The monoisotopic (exact) mass is 226 g/mol. The Balaban J connectivity index is 3.03. The fourth-order valence-corrected chi connectivity index (χ4v) is 1.48. The number of carbonyl (C=O) groups is 1. The second-order valence-corrected chi connectivity index (χ2v) is 3.33. The van der Waals surface area contributed by atoms with Gasteiger partial charge in [-0.25, -0.2) is 4.39 Å². The highest BCUT2D eigenvalue weighted by atomic mass is 19.1. The highest BCUT2D eigenvalue weighted by molar-refractivity contribution is 5.84. The summed E-state index contributed by atoms with van der Waals surface area (Å²) in [4.78, 5) is 11.5. The Kier molecular flexibility index (Phi) is 4.43. The Morgan fingerprint density at radius 3 is 2.56 bits per heavy atom. The third-order valence-corrected chi connectivity index (χ3v) is 2.36. The van der Waals surface area contributed by atoms with Crippen LogP contribution in [0.2, 0.25) is 0 Å². The van der Waals surface area contributed by atoms with E-state index in [1.807, 2.05) is 0 Å². The number of ketones is 1. The molecule has 1 aromatic carbocycles. The van der Waals surface area contributed by atoms with Crippen LogP contribution in [0, 0.1) is 5.82 Å². The number of methoxy groups -OCH3 is 2. The Labute approximate surface area is 94.2 Å². The van der Waals surface area contributed by atoms with Gasteiger partial charge in [0.2, 0.25) is 0 Å². The molecule has 0 aliphatic rings. The van der Waals surface area contributed by atoms with E-state index in [0.29, 0.717) is 12.0 Å². The number of hydrogen-bond donors (Lipinski definition) is 0. The van der Waals surface area contributed by atoms with E-state index in [1.54, 1.807) is 13.0 Å². The van der Waals surface area contributed by atoms with Crippen molar-refractivity contribution < 1.29 is 18.7 Å². The number of ether oxygens (including phenoxy) is 2. The molecule has 0 saturated carbocycles. The van der Waals surface area contributed by atoms with E-state index in [-0.39, 0.29) is 11.5 Å². The number of hydrogen-bond acceptors (Lipinski definition) is 3. The summed E-state index contributed by atoms with van der Waals surface area (Å²) in [6.07, 6.45) is -0.350. The Bertz CT molecular complexity index is 377. The van der Waals surface area contributed by atoms with E-state index in [2.05, 4.69) is 0 Å². The lowest BCUT2D eigenvalue weighted by Crippen LogP contribution is -2.13. The van der Waals surface area contributed by atoms with E-state index >= 15 is 0 Å². The molecule has 1 atom stereocenters. The highest BCUT2D eigenvalue weighted by Crippen LogP contribution is 2.24. The van der Waals surface area contributed by atoms with Gasteiger partial charge in [0.15, 0.2) is 17.3 Å². The highest BCUT2D eigenvalue weighted by Gasteiger charge is 2.19. The second kappa shape index (κ2) is 5.61. The summed E-state index contributed by atoms with van der Waals surface area (Å²) in [5.41, 5.74) is 0.507. The topological polar surface area (TPSA) is 35.5 Å². The van der Waals surface area contributed by atoms with Crippen molar-refractivity contribution in [2.24, 2.45) is 0 Å². The standard InChI is InChI=1S/C12H15FO3/c1-4-10(14)12(16-3)8-5-6-11(15-2)9(13)7-8/h5-7,12H,4H2,1-3H3. The molecule has 3 nitrogen and oxygen atoms in total. The van der Waals surface area contributed by atoms with E-state index in [9.17, 15) is 9.18 Å². The van der Waals surface area contributed by atoms with Crippen molar-refractivity contribution >= 4 is 5.78 Å². The first-order chi connectivity index (χ1) is 7.63. The van der Waals surface area contributed by atoms with Gasteiger partial charge in [0.05, 0.1) is 7.11 Å². The minimum atomic E-state index is -0.703. The predicted octanol–water partition coefficient (Wildman–Crippen LogP) is 2.50.